The van der Waals surface area contributed by atoms with Gasteiger partial charge in [0, 0.05) is 0 Å². The molecular weight excluding hydrogens is 204 g/mol. The number of rotatable bonds is 7. The molecule has 0 aliphatic heterocycles. The van der Waals surface area contributed by atoms with Crippen LogP contribution in [-0.2, 0) is 25.7 Å². The molecule has 0 unspecified atom stereocenters. The SMILES string of the molecule is C=CCCCc1ccc(CC)c(CC)c1CC. The van der Waals surface area contributed by atoms with E-state index in [1.807, 2.05) is 6.08 Å². The van der Waals surface area contributed by atoms with Gasteiger partial charge in [-0.2, -0.15) is 0 Å². The highest BCUT2D eigenvalue weighted by Crippen LogP contribution is 2.23. The van der Waals surface area contributed by atoms with Gasteiger partial charge in [-0.05, 0) is 60.8 Å². The van der Waals surface area contributed by atoms with E-state index in [1.165, 1.54) is 31.2 Å². The molecule has 0 radical (unpaired) electrons. The second kappa shape index (κ2) is 7.32. The average Bonchev–Trinajstić information content (AvgIpc) is 2.38. The molecule has 94 valence electrons. The number of allylic oxidation sites excluding steroid dienone is 1. The van der Waals surface area contributed by atoms with E-state index in [9.17, 15) is 0 Å². The molecule has 0 aliphatic carbocycles. The van der Waals surface area contributed by atoms with Crippen molar-refractivity contribution in [3.63, 3.8) is 0 Å². The highest BCUT2D eigenvalue weighted by atomic mass is 14.1. The first-order valence-electron chi connectivity index (χ1n) is 7.01. The van der Waals surface area contributed by atoms with Crippen molar-refractivity contribution in [3.8, 4) is 0 Å². The first-order chi connectivity index (χ1) is 8.28. The van der Waals surface area contributed by atoms with Crippen LogP contribution in [0.25, 0.3) is 0 Å². The van der Waals surface area contributed by atoms with Crippen molar-refractivity contribution in [2.75, 3.05) is 0 Å². The average molecular weight is 230 g/mol. The lowest BCUT2D eigenvalue weighted by atomic mass is 9.89. The predicted octanol–water partition coefficient (Wildman–Crippen LogP) is 4.88. The Labute approximate surface area is 107 Å². The fourth-order valence-electron chi connectivity index (χ4n) is 2.67. The third-order valence-corrected chi connectivity index (χ3v) is 3.57. The van der Waals surface area contributed by atoms with Gasteiger partial charge in [-0.3, -0.25) is 0 Å². The van der Waals surface area contributed by atoms with Gasteiger partial charge in [-0.1, -0.05) is 39.0 Å². The van der Waals surface area contributed by atoms with Crippen molar-refractivity contribution >= 4 is 0 Å². The molecule has 0 fully saturated rings. The quantitative estimate of drug-likeness (QED) is 0.462. The van der Waals surface area contributed by atoms with Gasteiger partial charge in [-0.25, -0.2) is 0 Å². The van der Waals surface area contributed by atoms with E-state index in [4.69, 9.17) is 0 Å². The number of benzene rings is 1. The van der Waals surface area contributed by atoms with Crippen molar-refractivity contribution in [1.82, 2.24) is 0 Å². The molecule has 1 aromatic carbocycles. The van der Waals surface area contributed by atoms with Crippen LogP contribution < -0.4 is 0 Å². The summed E-state index contributed by atoms with van der Waals surface area (Å²) in [7, 11) is 0. The van der Waals surface area contributed by atoms with Crippen LogP contribution in [0, 0.1) is 0 Å². The van der Waals surface area contributed by atoms with Crippen LogP contribution in [0.15, 0.2) is 24.8 Å². The zero-order valence-electron chi connectivity index (χ0n) is 11.7. The standard InChI is InChI=1S/C17H26/c1-5-9-10-11-15-13-12-14(6-2)16(7-3)17(15)8-4/h5,12-13H,1,6-11H2,2-4H3. The Morgan fingerprint density at radius 3 is 2.06 bits per heavy atom. The Morgan fingerprint density at radius 2 is 1.53 bits per heavy atom. The molecule has 0 heterocycles. The lowest BCUT2D eigenvalue weighted by Gasteiger charge is -2.16. The molecule has 0 atom stereocenters. The molecule has 0 bridgehead atoms. The molecule has 0 aromatic heterocycles. The van der Waals surface area contributed by atoms with Gasteiger partial charge in [0.2, 0.25) is 0 Å². The maximum Gasteiger partial charge on any atom is -0.0273 e. The molecule has 0 spiro atoms. The summed E-state index contributed by atoms with van der Waals surface area (Å²) in [6, 6.07) is 4.68. The fourth-order valence-corrected chi connectivity index (χ4v) is 2.67. The molecular formula is C17H26. The summed E-state index contributed by atoms with van der Waals surface area (Å²) in [5.74, 6) is 0. The van der Waals surface area contributed by atoms with Crippen molar-refractivity contribution in [2.45, 2.75) is 59.3 Å². The number of hydrogen-bond acceptors (Lipinski definition) is 0. The smallest absolute Gasteiger partial charge is 0.0273 e. The molecule has 1 aromatic rings. The Morgan fingerprint density at radius 1 is 0.941 bits per heavy atom. The Hall–Kier alpha value is -1.04. The predicted molar refractivity (Wildman–Crippen MR) is 77.7 cm³/mol. The van der Waals surface area contributed by atoms with Crippen LogP contribution in [0.1, 0.15) is 55.9 Å². The molecule has 0 aliphatic rings. The lowest BCUT2D eigenvalue weighted by Crippen LogP contribution is -2.03. The van der Waals surface area contributed by atoms with Gasteiger partial charge in [0.15, 0.2) is 0 Å². The van der Waals surface area contributed by atoms with Crippen LogP contribution in [0.4, 0.5) is 0 Å². The van der Waals surface area contributed by atoms with Gasteiger partial charge in [0.05, 0.1) is 0 Å². The summed E-state index contributed by atoms with van der Waals surface area (Å²) in [5, 5.41) is 0. The summed E-state index contributed by atoms with van der Waals surface area (Å²) in [6.07, 6.45) is 9.06. The van der Waals surface area contributed by atoms with E-state index in [-0.39, 0.29) is 0 Å². The molecule has 0 saturated carbocycles. The minimum atomic E-state index is 1.13. The lowest BCUT2D eigenvalue weighted by molar-refractivity contribution is 0.823. The topological polar surface area (TPSA) is 0 Å². The second-order valence-corrected chi connectivity index (χ2v) is 4.58. The summed E-state index contributed by atoms with van der Waals surface area (Å²) < 4.78 is 0. The zero-order chi connectivity index (χ0) is 12.7. The molecule has 0 amide bonds. The summed E-state index contributed by atoms with van der Waals surface area (Å²) >= 11 is 0. The normalized spacial score (nSPS) is 10.5. The second-order valence-electron chi connectivity index (χ2n) is 4.58. The minimum absolute atomic E-state index is 1.13. The van der Waals surface area contributed by atoms with E-state index in [2.05, 4.69) is 39.5 Å². The summed E-state index contributed by atoms with van der Waals surface area (Å²) in [6.45, 7) is 10.6. The number of hydrogen-bond donors (Lipinski definition) is 0. The zero-order valence-corrected chi connectivity index (χ0v) is 11.7. The molecule has 17 heavy (non-hydrogen) atoms. The molecule has 0 nitrogen and oxygen atoms in total. The van der Waals surface area contributed by atoms with E-state index in [0.29, 0.717) is 0 Å². The van der Waals surface area contributed by atoms with E-state index in [1.54, 1.807) is 16.7 Å². The van der Waals surface area contributed by atoms with E-state index < -0.39 is 0 Å². The highest BCUT2D eigenvalue weighted by Gasteiger charge is 2.09. The first-order valence-corrected chi connectivity index (χ1v) is 7.01. The van der Waals surface area contributed by atoms with Crippen molar-refractivity contribution < 1.29 is 0 Å². The fraction of sp³-hybridized carbons (Fsp3) is 0.529. The number of unbranched alkanes of at least 4 members (excludes halogenated alkanes) is 1. The van der Waals surface area contributed by atoms with E-state index >= 15 is 0 Å². The molecule has 0 heteroatoms. The van der Waals surface area contributed by atoms with Crippen molar-refractivity contribution in [1.29, 1.82) is 0 Å². The van der Waals surface area contributed by atoms with Gasteiger partial charge in [0.1, 0.15) is 0 Å². The van der Waals surface area contributed by atoms with Crippen LogP contribution in [0.2, 0.25) is 0 Å². The van der Waals surface area contributed by atoms with Crippen LogP contribution in [0.3, 0.4) is 0 Å². The Balaban J connectivity index is 3.00. The summed E-state index contributed by atoms with van der Waals surface area (Å²) in [5.41, 5.74) is 6.31. The van der Waals surface area contributed by atoms with Gasteiger partial charge in [0.25, 0.3) is 0 Å². The van der Waals surface area contributed by atoms with Crippen molar-refractivity contribution in [2.24, 2.45) is 0 Å². The van der Waals surface area contributed by atoms with Gasteiger partial charge < -0.3 is 0 Å². The maximum atomic E-state index is 3.80. The Kier molecular flexibility index (Phi) is 6.04. The van der Waals surface area contributed by atoms with Gasteiger partial charge in [-0.15, -0.1) is 6.58 Å². The number of aryl methyl sites for hydroxylation is 2. The van der Waals surface area contributed by atoms with Crippen LogP contribution >= 0.6 is 0 Å². The van der Waals surface area contributed by atoms with Crippen LogP contribution in [-0.4, -0.2) is 0 Å². The first kappa shape index (κ1) is 14.0. The molecule has 0 N–H and O–H groups in total. The maximum absolute atomic E-state index is 3.80. The van der Waals surface area contributed by atoms with E-state index in [0.717, 1.165) is 12.8 Å². The van der Waals surface area contributed by atoms with Crippen LogP contribution in [0.5, 0.6) is 0 Å². The van der Waals surface area contributed by atoms with Gasteiger partial charge >= 0.3 is 0 Å². The third-order valence-electron chi connectivity index (χ3n) is 3.57. The summed E-state index contributed by atoms with van der Waals surface area (Å²) in [4.78, 5) is 0. The molecule has 1 rings (SSSR count). The Bertz CT molecular complexity index is 361. The largest absolute Gasteiger partial charge is 0.103 e. The third kappa shape index (κ3) is 3.46. The minimum Gasteiger partial charge on any atom is -0.103 e. The highest BCUT2D eigenvalue weighted by molar-refractivity contribution is 5.41. The van der Waals surface area contributed by atoms with Crippen molar-refractivity contribution in [3.05, 3.63) is 47.0 Å². The monoisotopic (exact) mass is 230 g/mol. The molecule has 0 saturated heterocycles.